The Labute approximate surface area is 288 Å². The van der Waals surface area contributed by atoms with Crippen molar-refractivity contribution in [1.82, 2.24) is 9.38 Å². The fourth-order valence-electron chi connectivity index (χ4n) is 9.46. The normalized spacial score (nSPS) is 12.7. The molecule has 0 amide bonds. The Kier molecular flexibility index (Phi) is 5.02. The van der Waals surface area contributed by atoms with Crippen LogP contribution in [0.1, 0.15) is 5.56 Å². The molecule has 0 saturated carbocycles. The zero-order valence-electron chi connectivity index (χ0n) is 27.5. The Morgan fingerprint density at radius 3 is 1.96 bits per heavy atom. The molecule has 0 radical (unpaired) electrons. The summed E-state index contributed by atoms with van der Waals surface area (Å²) in [5.41, 5.74) is 18.3. The monoisotopic (exact) mass is 632 g/mol. The van der Waals surface area contributed by atoms with E-state index in [1.165, 1.54) is 121 Å². The zero-order valence-corrected chi connectivity index (χ0v) is 27.5. The van der Waals surface area contributed by atoms with Crippen molar-refractivity contribution < 1.29 is 0 Å². The maximum atomic E-state index is 3.89. The fraction of sp³-hybridized carbons (Fsp3) is 0.0213. The summed E-state index contributed by atoms with van der Waals surface area (Å²) in [6, 6.07) is 54.1. The van der Waals surface area contributed by atoms with Crippen molar-refractivity contribution in [3.05, 3.63) is 151 Å². The quantitative estimate of drug-likeness (QED) is 0.187. The Bertz CT molecular complexity index is 3220. The summed E-state index contributed by atoms with van der Waals surface area (Å²) in [6.45, 7) is 2.32. The number of hydrogen-bond donors (Lipinski definition) is 1. The van der Waals surface area contributed by atoms with Gasteiger partial charge in [0.2, 0.25) is 0 Å². The molecule has 1 aliphatic rings. The minimum absolute atomic E-state index is 0.889. The molecule has 0 saturated heterocycles. The first kappa shape index (κ1) is 26.6. The van der Waals surface area contributed by atoms with Gasteiger partial charge in [-0.2, -0.15) is 0 Å². The molecule has 2 nitrogen and oxygen atoms in total. The van der Waals surface area contributed by atoms with Gasteiger partial charge in [0.05, 0.1) is 11.0 Å². The number of nitrogens with zero attached hydrogens (tertiary/aromatic N) is 1. The lowest BCUT2D eigenvalue weighted by Crippen LogP contribution is -2.34. The first-order valence-electron chi connectivity index (χ1n) is 17.6. The van der Waals surface area contributed by atoms with Gasteiger partial charge in [-0.1, -0.05) is 127 Å². The second kappa shape index (κ2) is 9.43. The van der Waals surface area contributed by atoms with Crippen LogP contribution in [-0.2, 0) is 0 Å². The molecular formula is C47H29BN2. The fourth-order valence-corrected chi connectivity index (χ4v) is 9.46. The average molecular weight is 633 g/mol. The lowest BCUT2D eigenvalue weighted by molar-refractivity contribution is 1.37. The molecule has 1 N–H and O–H groups in total. The summed E-state index contributed by atoms with van der Waals surface area (Å²) < 4.78 is 2.63. The van der Waals surface area contributed by atoms with Crippen LogP contribution in [0, 0.1) is 6.92 Å². The van der Waals surface area contributed by atoms with Crippen LogP contribution in [0.4, 0.5) is 0 Å². The van der Waals surface area contributed by atoms with Crippen molar-refractivity contribution in [2.45, 2.75) is 6.92 Å². The smallest absolute Gasteiger partial charge is 0.198 e. The van der Waals surface area contributed by atoms with Gasteiger partial charge in [0.15, 0.2) is 7.28 Å². The zero-order chi connectivity index (χ0) is 32.7. The average Bonchev–Trinajstić information content (AvgIpc) is 3.84. The van der Waals surface area contributed by atoms with Crippen LogP contribution in [0.2, 0.25) is 0 Å². The molecule has 50 heavy (non-hydrogen) atoms. The SMILES string of the molecule is Cc1cc(-c2cccc3c2[nH]c2ccc4ccccc4c23)c2c3c1c1cc(-c4ccccc4)cc4c5cc(-c6ccccc6)cc(c5n3c41)B2. The van der Waals surface area contributed by atoms with E-state index in [0.717, 1.165) is 7.28 Å². The van der Waals surface area contributed by atoms with Crippen molar-refractivity contribution >= 4 is 88.9 Å². The maximum Gasteiger partial charge on any atom is 0.198 e. The molecule has 0 atom stereocenters. The summed E-state index contributed by atoms with van der Waals surface area (Å²) in [6.07, 6.45) is 0. The van der Waals surface area contributed by atoms with Crippen LogP contribution in [0.5, 0.6) is 0 Å². The third-order valence-corrected chi connectivity index (χ3v) is 11.5. The van der Waals surface area contributed by atoms with Gasteiger partial charge in [-0.05, 0) is 80.8 Å². The molecule has 4 heterocycles. The standard InChI is InChI=1S/C47H29BN2/c1-26-21-35(33-17-10-18-34-42-32-16-9-8-15-29(32)19-20-40(42)49-44(33)34)43-47-41(26)38-24-30(27-11-4-2-5-12-27)22-36-37-23-31(28-13-6-3-7-14-28)25-39(48-43)46(37)50(47)45(36)38/h2-25,48-49H,1H3. The van der Waals surface area contributed by atoms with Crippen molar-refractivity contribution in [2.24, 2.45) is 0 Å². The molecule has 11 aromatic rings. The molecule has 8 aromatic carbocycles. The number of aromatic nitrogens is 2. The van der Waals surface area contributed by atoms with Gasteiger partial charge in [0.1, 0.15) is 0 Å². The highest BCUT2D eigenvalue weighted by atomic mass is 14.9. The first-order valence-corrected chi connectivity index (χ1v) is 17.6. The van der Waals surface area contributed by atoms with E-state index in [1.54, 1.807) is 0 Å². The predicted octanol–water partition coefficient (Wildman–Crippen LogP) is 10.6. The third kappa shape index (κ3) is 3.34. The predicted molar refractivity (Wildman–Crippen MR) is 215 cm³/mol. The van der Waals surface area contributed by atoms with E-state index in [9.17, 15) is 0 Å². The number of para-hydroxylation sites is 1. The van der Waals surface area contributed by atoms with Crippen molar-refractivity contribution in [3.63, 3.8) is 0 Å². The molecule has 0 fully saturated rings. The summed E-state index contributed by atoms with van der Waals surface area (Å²) in [5, 5.41) is 10.6. The molecule has 0 unspecified atom stereocenters. The van der Waals surface area contributed by atoms with E-state index in [2.05, 4.69) is 162 Å². The highest BCUT2D eigenvalue weighted by molar-refractivity contribution is 6.75. The lowest BCUT2D eigenvalue weighted by Gasteiger charge is -2.20. The number of benzene rings is 8. The van der Waals surface area contributed by atoms with Crippen LogP contribution in [0.3, 0.4) is 0 Å². The maximum absolute atomic E-state index is 3.89. The number of rotatable bonds is 3. The number of aryl methyl sites for hydroxylation is 1. The van der Waals surface area contributed by atoms with Gasteiger partial charge >= 0.3 is 0 Å². The highest BCUT2D eigenvalue weighted by Crippen LogP contribution is 2.45. The number of fused-ring (bicyclic) bond motifs is 7. The second-order valence-corrected chi connectivity index (χ2v) is 14.2. The molecule has 3 aromatic heterocycles. The van der Waals surface area contributed by atoms with Gasteiger partial charge in [-0.15, -0.1) is 0 Å². The first-order chi connectivity index (χ1) is 24.7. The summed E-state index contributed by atoms with van der Waals surface area (Å²) >= 11 is 0. The number of nitrogens with one attached hydrogen (secondary N) is 1. The van der Waals surface area contributed by atoms with E-state index in [1.807, 2.05) is 0 Å². The van der Waals surface area contributed by atoms with Crippen LogP contribution >= 0.6 is 0 Å². The lowest BCUT2D eigenvalue weighted by atomic mass is 9.59. The van der Waals surface area contributed by atoms with E-state index in [4.69, 9.17) is 0 Å². The highest BCUT2D eigenvalue weighted by Gasteiger charge is 2.30. The van der Waals surface area contributed by atoms with Gasteiger partial charge < -0.3 is 9.38 Å². The molecule has 0 spiro atoms. The molecule has 0 bridgehead atoms. The third-order valence-electron chi connectivity index (χ3n) is 11.5. The van der Waals surface area contributed by atoms with Crippen LogP contribution < -0.4 is 10.9 Å². The molecule has 3 heteroatoms. The van der Waals surface area contributed by atoms with Crippen LogP contribution in [-0.4, -0.2) is 16.7 Å². The summed E-state index contributed by atoms with van der Waals surface area (Å²) in [7, 11) is 0.889. The topological polar surface area (TPSA) is 20.2 Å². The van der Waals surface area contributed by atoms with E-state index in [-0.39, 0.29) is 0 Å². The molecule has 0 aliphatic carbocycles. The number of hydrogen-bond acceptors (Lipinski definition) is 0. The van der Waals surface area contributed by atoms with E-state index >= 15 is 0 Å². The minimum Gasteiger partial charge on any atom is -0.354 e. The molecule has 1 aliphatic heterocycles. The van der Waals surface area contributed by atoms with Crippen molar-refractivity contribution in [3.8, 4) is 33.4 Å². The minimum atomic E-state index is 0.889. The Morgan fingerprint density at radius 2 is 1.16 bits per heavy atom. The van der Waals surface area contributed by atoms with E-state index < -0.39 is 0 Å². The second-order valence-electron chi connectivity index (χ2n) is 14.2. The Balaban J connectivity index is 1.23. The van der Waals surface area contributed by atoms with Crippen LogP contribution in [0.15, 0.2) is 146 Å². The number of H-pyrrole nitrogens is 1. The van der Waals surface area contributed by atoms with Crippen molar-refractivity contribution in [2.75, 3.05) is 0 Å². The Hall–Kier alpha value is -6.32. The van der Waals surface area contributed by atoms with Gasteiger partial charge in [-0.3, -0.25) is 0 Å². The van der Waals surface area contributed by atoms with Gasteiger partial charge in [0, 0.05) is 54.4 Å². The summed E-state index contributed by atoms with van der Waals surface area (Å²) in [4.78, 5) is 3.89. The number of aromatic amines is 1. The largest absolute Gasteiger partial charge is 0.354 e. The molecule has 12 rings (SSSR count). The molecular weight excluding hydrogens is 603 g/mol. The van der Waals surface area contributed by atoms with Gasteiger partial charge in [0.25, 0.3) is 0 Å². The van der Waals surface area contributed by atoms with Gasteiger partial charge in [-0.25, -0.2) is 0 Å². The van der Waals surface area contributed by atoms with E-state index in [0.29, 0.717) is 0 Å². The molecule has 230 valence electrons. The summed E-state index contributed by atoms with van der Waals surface area (Å²) in [5.74, 6) is 0. The van der Waals surface area contributed by atoms with Crippen molar-refractivity contribution in [1.29, 1.82) is 0 Å². The van der Waals surface area contributed by atoms with Crippen LogP contribution in [0.25, 0.3) is 104 Å². The Morgan fingerprint density at radius 1 is 0.480 bits per heavy atom.